The van der Waals surface area contributed by atoms with Gasteiger partial charge in [0.1, 0.15) is 0 Å². The van der Waals surface area contributed by atoms with Crippen LogP contribution >= 0.6 is 0 Å². The topological polar surface area (TPSA) is 12.0 Å². The SMILES string of the molecule is CCCNC(Cc1ccccc1C)C1(C)CCCC1. The Hall–Kier alpha value is -0.820. The van der Waals surface area contributed by atoms with Crippen molar-refractivity contribution < 1.29 is 0 Å². The van der Waals surface area contributed by atoms with Gasteiger partial charge in [-0.05, 0) is 55.7 Å². The molecule has 1 aromatic rings. The van der Waals surface area contributed by atoms with Crippen molar-refractivity contribution >= 4 is 0 Å². The normalized spacial score (nSPS) is 19.5. The van der Waals surface area contributed by atoms with E-state index in [4.69, 9.17) is 0 Å². The molecule has 1 aliphatic carbocycles. The number of hydrogen-bond donors (Lipinski definition) is 1. The van der Waals surface area contributed by atoms with E-state index in [0.29, 0.717) is 11.5 Å². The Morgan fingerprint density at radius 2 is 1.89 bits per heavy atom. The molecule has 106 valence electrons. The second-order valence-corrected chi connectivity index (χ2v) is 6.50. The summed E-state index contributed by atoms with van der Waals surface area (Å²) in [6.07, 6.45) is 8.01. The lowest BCUT2D eigenvalue weighted by molar-refractivity contribution is 0.219. The molecule has 19 heavy (non-hydrogen) atoms. The van der Waals surface area contributed by atoms with Crippen LogP contribution in [0.4, 0.5) is 0 Å². The van der Waals surface area contributed by atoms with E-state index in [9.17, 15) is 0 Å². The average Bonchev–Trinajstić information content (AvgIpc) is 2.84. The number of rotatable bonds is 6. The van der Waals surface area contributed by atoms with Crippen molar-refractivity contribution in [2.75, 3.05) is 6.54 Å². The molecule has 1 heteroatoms. The summed E-state index contributed by atoms with van der Waals surface area (Å²) in [5.74, 6) is 0. The molecular weight excluding hydrogens is 230 g/mol. The Labute approximate surface area is 118 Å². The van der Waals surface area contributed by atoms with Crippen LogP contribution in [0.25, 0.3) is 0 Å². The summed E-state index contributed by atoms with van der Waals surface area (Å²) < 4.78 is 0. The van der Waals surface area contributed by atoms with Gasteiger partial charge >= 0.3 is 0 Å². The number of benzene rings is 1. The Bertz CT molecular complexity index is 390. The second kappa shape index (κ2) is 6.56. The Balaban J connectivity index is 2.11. The summed E-state index contributed by atoms with van der Waals surface area (Å²) in [4.78, 5) is 0. The van der Waals surface area contributed by atoms with Crippen molar-refractivity contribution in [3.05, 3.63) is 35.4 Å². The third-order valence-corrected chi connectivity index (χ3v) is 4.91. The molecule has 1 nitrogen and oxygen atoms in total. The van der Waals surface area contributed by atoms with Gasteiger partial charge in [0.25, 0.3) is 0 Å². The predicted molar refractivity (Wildman–Crippen MR) is 83.5 cm³/mol. The summed E-state index contributed by atoms with van der Waals surface area (Å²) in [5.41, 5.74) is 3.45. The minimum Gasteiger partial charge on any atom is -0.313 e. The average molecular weight is 259 g/mol. The fourth-order valence-corrected chi connectivity index (χ4v) is 3.47. The summed E-state index contributed by atoms with van der Waals surface area (Å²) in [7, 11) is 0. The zero-order valence-corrected chi connectivity index (χ0v) is 12.8. The van der Waals surface area contributed by atoms with Crippen LogP contribution in [0.2, 0.25) is 0 Å². The zero-order valence-electron chi connectivity index (χ0n) is 12.8. The van der Waals surface area contributed by atoms with Crippen molar-refractivity contribution in [3.8, 4) is 0 Å². The fraction of sp³-hybridized carbons (Fsp3) is 0.667. The van der Waals surface area contributed by atoms with Gasteiger partial charge in [-0.1, -0.05) is 51.0 Å². The fourth-order valence-electron chi connectivity index (χ4n) is 3.47. The first-order valence-corrected chi connectivity index (χ1v) is 7.93. The molecule has 1 fully saturated rings. The maximum Gasteiger partial charge on any atom is 0.0161 e. The van der Waals surface area contributed by atoms with Crippen LogP contribution in [0, 0.1) is 12.3 Å². The van der Waals surface area contributed by atoms with Crippen molar-refractivity contribution in [1.82, 2.24) is 5.32 Å². The number of nitrogens with one attached hydrogen (secondary N) is 1. The highest BCUT2D eigenvalue weighted by molar-refractivity contribution is 5.27. The van der Waals surface area contributed by atoms with E-state index in [-0.39, 0.29) is 0 Å². The van der Waals surface area contributed by atoms with E-state index in [1.807, 2.05) is 0 Å². The maximum atomic E-state index is 3.83. The summed E-state index contributed by atoms with van der Waals surface area (Å²) >= 11 is 0. The van der Waals surface area contributed by atoms with Gasteiger partial charge in [0.15, 0.2) is 0 Å². The van der Waals surface area contributed by atoms with E-state index < -0.39 is 0 Å². The molecule has 0 aromatic heterocycles. The lowest BCUT2D eigenvalue weighted by Crippen LogP contribution is -2.44. The smallest absolute Gasteiger partial charge is 0.0161 e. The zero-order chi connectivity index (χ0) is 13.7. The molecule has 2 rings (SSSR count). The van der Waals surface area contributed by atoms with Crippen molar-refractivity contribution in [2.24, 2.45) is 5.41 Å². The molecule has 1 unspecified atom stereocenters. The van der Waals surface area contributed by atoms with Crippen molar-refractivity contribution in [3.63, 3.8) is 0 Å². The standard InChI is InChI=1S/C18H29N/c1-4-13-19-17(18(3)11-7-8-12-18)14-16-10-6-5-9-15(16)2/h5-6,9-10,17,19H,4,7-8,11-14H2,1-3H3. The molecule has 1 atom stereocenters. The van der Waals surface area contributed by atoms with Gasteiger partial charge in [0.05, 0.1) is 0 Å². The van der Waals surface area contributed by atoms with Crippen LogP contribution < -0.4 is 5.32 Å². The van der Waals surface area contributed by atoms with Gasteiger partial charge in [0, 0.05) is 6.04 Å². The van der Waals surface area contributed by atoms with Gasteiger partial charge in [-0.25, -0.2) is 0 Å². The van der Waals surface area contributed by atoms with Crippen LogP contribution in [0.15, 0.2) is 24.3 Å². The second-order valence-electron chi connectivity index (χ2n) is 6.50. The first-order chi connectivity index (χ1) is 9.15. The van der Waals surface area contributed by atoms with Gasteiger partial charge in [-0.3, -0.25) is 0 Å². The van der Waals surface area contributed by atoms with E-state index in [1.165, 1.54) is 49.7 Å². The third kappa shape index (κ3) is 3.60. The molecule has 0 aliphatic heterocycles. The van der Waals surface area contributed by atoms with Crippen LogP contribution in [0.1, 0.15) is 57.1 Å². The van der Waals surface area contributed by atoms with E-state index in [0.717, 1.165) is 6.54 Å². The van der Waals surface area contributed by atoms with Crippen molar-refractivity contribution in [1.29, 1.82) is 0 Å². The third-order valence-electron chi connectivity index (χ3n) is 4.91. The first-order valence-electron chi connectivity index (χ1n) is 7.93. The predicted octanol–water partition coefficient (Wildman–Crippen LogP) is 4.49. The molecule has 0 bridgehead atoms. The molecule has 0 saturated heterocycles. The lowest BCUT2D eigenvalue weighted by atomic mass is 9.77. The van der Waals surface area contributed by atoms with Crippen LogP contribution in [0.5, 0.6) is 0 Å². The van der Waals surface area contributed by atoms with Gasteiger partial charge in [-0.2, -0.15) is 0 Å². The highest BCUT2D eigenvalue weighted by Gasteiger charge is 2.36. The molecule has 0 spiro atoms. The number of hydrogen-bond acceptors (Lipinski definition) is 1. The molecule has 0 radical (unpaired) electrons. The Kier molecular flexibility index (Phi) is 5.04. The largest absolute Gasteiger partial charge is 0.313 e. The van der Waals surface area contributed by atoms with Gasteiger partial charge in [0.2, 0.25) is 0 Å². The molecule has 1 saturated carbocycles. The summed E-state index contributed by atoms with van der Waals surface area (Å²) in [5, 5.41) is 3.83. The highest BCUT2D eigenvalue weighted by atomic mass is 14.9. The monoisotopic (exact) mass is 259 g/mol. The molecule has 1 N–H and O–H groups in total. The van der Waals surface area contributed by atoms with Crippen molar-refractivity contribution in [2.45, 2.75) is 65.3 Å². The Morgan fingerprint density at radius 1 is 1.21 bits per heavy atom. The van der Waals surface area contributed by atoms with Crippen LogP contribution in [-0.2, 0) is 6.42 Å². The van der Waals surface area contributed by atoms with Gasteiger partial charge in [-0.15, -0.1) is 0 Å². The highest BCUT2D eigenvalue weighted by Crippen LogP contribution is 2.41. The molecule has 0 amide bonds. The molecule has 1 aliphatic rings. The molecule has 1 aromatic carbocycles. The summed E-state index contributed by atoms with van der Waals surface area (Å²) in [6, 6.07) is 9.49. The minimum absolute atomic E-state index is 0.497. The minimum atomic E-state index is 0.497. The van der Waals surface area contributed by atoms with E-state index in [1.54, 1.807) is 0 Å². The molecular formula is C18H29N. The van der Waals surface area contributed by atoms with E-state index >= 15 is 0 Å². The maximum absolute atomic E-state index is 3.83. The molecule has 0 heterocycles. The van der Waals surface area contributed by atoms with Crippen LogP contribution in [-0.4, -0.2) is 12.6 Å². The number of aryl methyl sites for hydroxylation is 1. The Morgan fingerprint density at radius 3 is 2.53 bits per heavy atom. The quantitative estimate of drug-likeness (QED) is 0.794. The van der Waals surface area contributed by atoms with E-state index in [2.05, 4.69) is 50.4 Å². The van der Waals surface area contributed by atoms with Gasteiger partial charge < -0.3 is 5.32 Å². The summed E-state index contributed by atoms with van der Waals surface area (Å²) in [6.45, 7) is 8.13. The lowest BCUT2D eigenvalue weighted by Gasteiger charge is -2.35. The van der Waals surface area contributed by atoms with Crippen LogP contribution in [0.3, 0.4) is 0 Å². The first kappa shape index (κ1) is 14.6.